The molecule has 0 fully saturated rings. The molecule has 0 atom stereocenters. The number of benzene rings is 1. The van der Waals surface area contributed by atoms with E-state index in [2.05, 4.69) is 21.3 Å². The van der Waals surface area contributed by atoms with Crippen molar-refractivity contribution in [3.63, 3.8) is 0 Å². The lowest BCUT2D eigenvalue weighted by Crippen LogP contribution is -1.78. The van der Waals surface area contributed by atoms with E-state index in [1.807, 2.05) is 36.4 Å². The Morgan fingerprint density at radius 2 is 2.19 bits per heavy atom. The van der Waals surface area contributed by atoms with Crippen molar-refractivity contribution in [3.8, 4) is 6.07 Å². The number of thioether (sulfide) groups is 1. The van der Waals surface area contributed by atoms with Gasteiger partial charge < -0.3 is 0 Å². The second kappa shape index (κ2) is 5.14. The Morgan fingerprint density at radius 3 is 2.81 bits per heavy atom. The number of aromatic amines is 1. The third-order valence-electron chi connectivity index (χ3n) is 1.81. The number of allylic oxidation sites excluding steroid dienone is 1. The summed E-state index contributed by atoms with van der Waals surface area (Å²) < 4.78 is 0. The minimum atomic E-state index is 0.572. The average molecular weight is 228 g/mol. The van der Waals surface area contributed by atoms with E-state index in [1.165, 1.54) is 18.1 Å². The average Bonchev–Trinajstić information content (AvgIpc) is 2.82. The molecule has 1 aromatic heterocycles. The highest BCUT2D eigenvalue weighted by Crippen LogP contribution is 2.23. The molecule has 4 nitrogen and oxygen atoms in total. The summed E-state index contributed by atoms with van der Waals surface area (Å²) in [5.41, 5.74) is 0.992. The molecule has 16 heavy (non-hydrogen) atoms. The molecule has 1 aromatic carbocycles. The van der Waals surface area contributed by atoms with Crippen molar-refractivity contribution in [2.45, 2.75) is 5.16 Å². The smallest absolute Gasteiger partial charge is 0.188 e. The molecule has 2 aromatic rings. The van der Waals surface area contributed by atoms with Gasteiger partial charge in [-0.3, -0.25) is 5.10 Å². The number of H-pyrrole nitrogens is 1. The summed E-state index contributed by atoms with van der Waals surface area (Å²) in [6.07, 6.45) is 3.23. The zero-order valence-corrected chi connectivity index (χ0v) is 9.11. The summed E-state index contributed by atoms with van der Waals surface area (Å²) in [5.74, 6) is 0. The summed E-state index contributed by atoms with van der Waals surface area (Å²) in [4.78, 5) is 4.52. The number of nitrogens with one attached hydrogen (secondary N) is 1. The molecule has 0 aliphatic rings. The lowest BCUT2D eigenvalue weighted by atomic mass is 10.2. The van der Waals surface area contributed by atoms with Crippen LogP contribution in [0.5, 0.6) is 0 Å². The lowest BCUT2D eigenvalue weighted by molar-refractivity contribution is 0.976. The van der Waals surface area contributed by atoms with Gasteiger partial charge in [-0.15, -0.1) is 0 Å². The highest BCUT2D eigenvalue weighted by molar-refractivity contribution is 8.03. The number of rotatable bonds is 3. The van der Waals surface area contributed by atoms with Crippen LogP contribution in [0.2, 0.25) is 0 Å². The van der Waals surface area contributed by atoms with Crippen molar-refractivity contribution in [2.24, 2.45) is 0 Å². The number of aromatic nitrogens is 3. The summed E-state index contributed by atoms with van der Waals surface area (Å²) >= 11 is 1.26. The number of nitriles is 1. The molecule has 78 valence electrons. The van der Waals surface area contributed by atoms with E-state index in [-0.39, 0.29) is 0 Å². The van der Waals surface area contributed by atoms with Crippen LogP contribution in [0.15, 0.2) is 46.7 Å². The zero-order chi connectivity index (χ0) is 11.2. The van der Waals surface area contributed by atoms with Crippen LogP contribution in [0.1, 0.15) is 5.56 Å². The minimum Gasteiger partial charge on any atom is -0.254 e. The fraction of sp³-hybridized carbons (Fsp3) is 0. The summed E-state index contributed by atoms with van der Waals surface area (Å²) in [6, 6.07) is 11.8. The largest absolute Gasteiger partial charge is 0.254 e. The van der Waals surface area contributed by atoms with E-state index in [9.17, 15) is 0 Å². The van der Waals surface area contributed by atoms with Crippen molar-refractivity contribution in [1.82, 2.24) is 15.2 Å². The Hall–Kier alpha value is -2.06. The molecular weight excluding hydrogens is 220 g/mol. The predicted molar refractivity (Wildman–Crippen MR) is 62.3 cm³/mol. The molecule has 1 N–H and O–H groups in total. The van der Waals surface area contributed by atoms with Crippen LogP contribution in [0.4, 0.5) is 0 Å². The predicted octanol–water partition coefficient (Wildman–Crippen LogP) is 2.46. The lowest BCUT2D eigenvalue weighted by Gasteiger charge is -1.95. The second-order valence-electron chi connectivity index (χ2n) is 2.92. The molecule has 2 rings (SSSR count). The van der Waals surface area contributed by atoms with E-state index in [0.29, 0.717) is 10.1 Å². The molecule has 0 saturated heterocycles. The highest BCUT2D eigenvalue weighted by atomic mass is 32.2. The summed E-state index contributed by atoms with van der Waals surface area (Å²) in [5, 5.41) is 16.0. The van der Waals surface area contributed by atoms with Crippen LogP contribution in [0, 0.1) is 11.3 Å². The molecule has 1 heterocycles. The van der Waals surface area contributed by atoms with Crippen LogP contribution in [0.25, 0.3) is 6.08 Å². The van der Waals surface area contributed by atoms with Gasteiger partial charge in [0.15, 0.2) is 5.16 Å². The van der Waals surface area contributed by atoms with Crippen LogP contribution in [-0.2, 0) is 0 Å². The second-order valence-corrected chi connectivity index (χ2v) is 3.95. The number of hydrogen-bond acceptors (Lipinski definition) is 4. The Kier molecular flexibility index (Phi) is 3.36. The SMILES string of the molecule is N#CC(=Cc1ccccc1)Sc1ncn[nH]1. The molecular formula is C11H8N4S. The summed E-state index contributed by atoms with van der Waals surface area (Å²) in [7, 11) is 0. The fourth-order valence-electron chi connectivity index (χ4n) is 1.13. The molecule has 0 bridgehead atoms. The van der Waals surface area contributed by atoms with Gasteiger partial charge in [0.2, 0.25) is 0 Å². The molecule has 0 aliphatic carbocycles. The maximum Gasteiger partial charge on any atom is 0.188 e. The van der Waals surface area contributed by atoms with Crippen LogP contribution < -0.4 is 0 Å². The van der Waals surface area contributed by atoms with Gasteiger partial charge in [-0.25, -0.2) is 4.98 Å². The first kappa shape index (κ1) is 10.5. The Bertz CT molecular complexity index is 511. The molecule has 5 heteroatoms. The van der Waals surface area contributed by atoms with Gasteiger partial charge in [-0.05, 0) is 23.4 Å². The standard InChI is InChI=1S/C11H8N4S/c12-7-10(16-11-13-8-14-15-11)6-9-4-2-1-3-5-9/h1-6,8H,(H,13,14,15). The maximum atomic E-state index is 8.98. The topological polar surface area (TPSA) is 65.4 Å². The minimum absolute atomic E-state index is 0.572. The van der Waals surface area contributed by atoms with Gasteiger partial charge in [-0.1, -0.05) is 30.3 Å². The first-order chi connectivity index (χ1) is 7.88. The van der Waals surface area contributed by atoms with E-state index >= 15 is 0 Å². The van der Waals surface area contributed by atoms with Gasteiger partial charge in [0, 0.05) is 0 Å². The van der Waals surface area contributed by atoms with Crippen molar-refractivity contribution in [3.05, 3.63) is 47.1 Å². The van der Waals surface area contributed by atoms with Gasteiger partial charge in [0.1, 0.15) is 12.4 Å². The van der Waals surface area contributed by atoms with E-state index in [4.69, 9.17) is 5.26 Å². The Balaban J connectivity index is 2.18. The monoisotopic (exact) mass is 228 g/mol. The third-order valence-corrected chi connectivity index (χ3v) is 2.63. The fourth-order valence-corrected chi connectivity index (χ4v) is 1.78. The third kappa shape index (κ3) is 2.72. The number of nitrogens with zero attached hydrogens (tertiary/aromatic N) is 3. The van der Waals surface area contributed by atoms with E-state index < -0.39 is 0 Å². The normalized spacial score (nSPS) is 11.1. The first-order valence-electron chi connectivity index (χ1n) is 4.58. The van der Waals surface area contributed by atoms with Crippen molar-refractivity contribution in [2.75, 3.05) is 0 Å². The highest BCUT2D eigenvalue weighted by Gasteiger charge is 2.02. The van der Waals surface area contributed by atoms with Gasteiger partial charge >= 0.3 is 0 Å². The maximum absolute atomic E-state index is 8.98. The molecule has 0 radical (unpaired) electrons. The van der Waals surface area contributed by atoms with Crippen LogP contribution in [0.3, 0.4) is 0 Å². The zero-order valence-electron chi connectivity index (χ0n) is 8.29. The molecule has 0 saturated carbocycles. The number of hydrogen-bond donors (Lipinski definition) is 1. The van der Waals surface area contributed by atoms with Crippen molar-refractivity contribution in [1.29, 1.82) is 5.26 Å². The Morgan fingerprint density at radius 1 is 1.38 bits per heavy atom. The molecule has 0 amide bonds. The van der Waals surface area contributed by atoms with Gasteiger partial charge in [0.05, 0.1) is 4.91 Å². The van der Waals surface area contributed by atoms with Crippen LogP contribution >= 0.6 is 11.8 Å². The van der Waals surface area contributed by atoms with Crippen molar-refractivity contribution >= 4 is 17.8 Å². The van der Waals surface area contributed by atoms with E-state index in [0.717, 1.165) is 5.56 Å². The quantitative estimate of drug-likeness (QED) is 0.647. The first-order valence-corrected chi connectivity index (χ1v) is 5.40. The van der Waals surface area contributed by atoms with Crippen molar-refractivity contribution < 1.29 is 0 Å². The summed E-state index contributed by atoms with van der Waals surface area (Å²) in [6.45, 7) is 0. The molecule has 0 aliphatic heterocycles. The van der Waals surface area contributed by atoms with Gasteiger partial charge in [0.25, 0.3) is 0 Å². The van der Waals surface area contributed by atoms with Gasteiger partial charge in [-0.2, -0.15) is 10.4 Å². The molecule has 0 unspecified atom stereocenters. The molecule has 0 spiro atoms. The van der Waals surface area contributed by atoms with Crippen LogP contribution in [-0.4, -0.2) is 15.2 Å². The van der Waals surface area contributed by atoms with E-state index in [1.54, 1.807) is 0 Å². The Labute approximate surface area is 97.0 Å².